The number of fused-ring (bicyclic) bond motifs is 1. The van der Waals surface area contributed by atoms with Gasteiger partial charge in [0.2, 0.25) is 5.91 Å². The number of nitrogens with one attached hydrogen (secondary N) is 2. The van der Waals surface area contributed by atoms with Crippen molar-refractivity contribution in [2.75, 3.05) is 44.7 Å². The second-order valence-electron chi connectivity index (χ2n) is 10.6. The highest BCUT2D eigenvalue weighted by atomic mass is 16.3. The van der Waals surface area contributed by atoms with Gasteiger partial charge in [0.1, 0.15) is 23.8 Å². The number of hydrogen-bond donors (Lipinski definition) is 2. The predicted octanol–water partition coefficient (Wildman–Crippen LogP) is 1.97. The van der Waals surface area contributed by atoms with E-state index < -0.39 is 11.9 Å². The zero-order valence-corrected chi connectivity index (χ0v) is 21.5. The molecule has 11 heteroatoms. The van der Waals surface area contributed by atoms with Crippen LogP contribution in [0.1, 0.15) is 59.7 Å². The monoisotopic (exact) mass is 516 g/mol. The summed E-state index contributed by atoms with van der Waals surface area (Å²) in [7, 11) is 2.12. The summed E-state index contributed by atoms with van der Waals surface area (Å²) in [6, 6.07) is 9.00. The summed E-state index contributed by atoms with van der Waals surface area (Å²) in [4.78, 5) is 35.5. The normalized spacial score (nSPS) is 18.8. The topological polar surface area (TPSA) is 132 Å². The van der Waals surface area contributed by atoms with Crippen LogP contribution in [0.3, 0.4) is 0 Å². The molecular formula is C27H32N8O3. The molecule has 1 unspecified atom stereocenters. The Morgan fingerprint density at radius 2 is 1.95 bits per heavy atom. The highest BCUT2D eigenvalue weighted by Gasteiger charge is 2.35. The number of carbonyl (C=O) groups excluding carboxylic acids is 2. The second-order valence-corrected chi connectivity index (χ2v) is 10.6. The summed E-state index contributed by atoms with van der Waals surface area (Å²) in [5.41, 5.74) is 3.83. The van der Waals surface area contributed by atoms with Gasteiger partial charge in [0.15, 0.2) is 11.5 Å². The Kier molecular flexibility index (Phi) is 6.49. The van der Waals surface area contributed by atoms with Crippen LogP contribution in [0, 0.1) is 11.3 Å². The number of nitrogens with zero attached hydrogens (tertiary/aromatic N) is 6. The molecule has 1 saturated heterocycles. The summed E-state index contributed by atoms with van der Waals surface area (Å²) in [6.07, 6.45) is 4.25. The van der Waals surface area contributed by atoms with Crippen molar-refractivity contribution in [3.8, 4) is 6.07 Å². The zero-order chi connectivity index (χ0) is 26.2. The van der Waals surface area contributed by atoms with E-state index in [0.29, 0.717) is 28.6 Å². The summed E-state index contributed by atoms with van der Waals surface area (Å²) in [5.74, 6) is -0.0453. The van der Waals surface area contributed by atoms with Crippen LogP contribution in [0.25, 0.3) is 11.1 Å². The standard InChI is InChI=1S/C27H32N8O3/c1-33-10-12-34(13-11-33)19-6-7-20-24(14-19)38-25(30-20)16-22(26(36)29-9-8-28)31-27(37)23-15-21(17-2-3-17)32-35(23)18-4-5-18/h6-7,14-15,17-18,22H,2-5,9-13,16H2,1H3,(H,29,36)(H,31,37). The molecule has 6 rings (SSSR count). The molecular weight excluding hydrogens is 484 g/mol. The molecule has 38 heavy (non-hydrogen) atoms. The van der Waals surface area contributed by atoms with Crippen molar-refractivity contribution in [3.05, 3.63) is 41.5 Å². The van der Waals surface area contributed by atoms with Crippen LogP contribution in [0.15, 0.2) is 28.7 Å². The van der Waals surface area contributed by atoms with Gasteiger partial charge in [0, 0.05) is 43.9 Å². The first kappa shape index (κ1) is 24.4. The fraction of sp³-hybridized carbons (Fsp3) is 0.519. The number of hydrogen-bond acceptors (Lipinski definition) is 8. The molecule has 1 aliphatic heterocycles. The minimum atomic E-state index is -0.951. The smallest absolute Gasteiger partial charge is 0.270 e. The highest BCUT2D eigenvalue weighted by molar-refractivity contribution is 5.96. The second kappa shape index (κ2) is 10.1. The molecule has 3 aromatic rings. The van der Waals surface area contributed by atoms with Crippen molar-refractivity contribution < 1.29 is 14.0 Å². The van der Waals surface area contributed by atoms with E-state index >= 15 is 0 Å². The number of aromatic nitrogens is 3. The van der Waals surface area contributed by atoms with Gasteiger partial charge in [-0.15, -0.1) is 0 Å². The lowest BCUT2D eigenvalue weighted by Crippen LogP contribution is -2.48. The van der Waals surface area contributed by atoms with Gasteiger partial charge in [0.25, 0.3) is 5.91 Å². The molecule has 2 aliphatic carbocycles. The van der Waals surface area contributed by atoms with E-state index in [2.05, 4.69) is 32.5 Å². The van der Waals surface area contributed by atoms with Gasteiger partial charge in [-0.25, -0.2) is 4.98 Å². The van der Waals surface area contributed by atoms with E-state index in [0.717, 1.165) is 63.2 Å². The Labute approximate surface area is 220 Å². The summed E-state index contributed by atoms with van der Waals surface area (Å²) >= 11 is 0. The van der Waals surface area contributed by atoms with Crippen molar-refractivity contribution in [1.29, 1.82) is 5.26 Å². The molecule has 1 atom stereocenters. The Bertz CT molecular complexity index is 1390. The summed E-state index contributed by atoms with van der Waals surface area (Å²) < 4.78 is 7.86. The van der Waals surface area contributed by atoms with E-state index in [4.69, 9.17) is 14.8 Å². The van der Waals surface area contributed by atoms with Crippen molar-refractivity contribution in [3.63, 3.8) is 0 Å². The average molecular weight is 517 g/mol. The zero-order valence-electron chi connectivity index (χ0n) is 21.5. The van der Waals surface area contributed by atoms with Gasteiger partial charge in [-0.3, -0.25) is 14.3 Å². The quantitative estimate of drug-likeness (QED) is 0.413. The fourth-order valence-electron chi connectivity index (χ4n) is 4.93. The van der Waals surface area contributed by atoms with Crippen molar-refractivity contribution in [2.24, 2.45) is 0 Å². The lowest BCUT2D eigenvalue weighted by Gasteiger charge is -2.33. The lowest BCUT2D eigenvalue weighted by atomic mass is 10.1. The van der Waals surface area contributed by atoms with Gasteiger partial charge >= 0.3 is 0 Å². The van der Waals surface area contributed by atoms with Crippen LogP contribution in [0.5, 0.6) is 0 Å². The maximum atomic E-state index is 13.4. The predicted molar refractivity (Wildman–Crippen MR) is 140 cm³/mol. The lowest BCUT2D eigenvalue weighted by molar-refractivity contribution is -0.122. The van der Waals surface area contributed by atoms with E-state index in [-0.39, 0.29) is 24.9 Å². The molecule has 1 aromatic carbocycles. The van der Waals surface area contributed by atoms with Crippen LogP contribution in [0.2, 0.25) is 0 Å². The van der Waals surface area contributed by atoms with Gasteiger partial charge in [0.05, 0.1) is 24.2 Å². The molecule has 2 N–H and O–H groups in total. The number of likely N-dealkylation sites (N-methyl/N-ethyl adjacent to an activating group) is 1. The number of oxazole rings is 1. The molecule has 2 saturated carbocycles. The summed E-state index contributed by atoms with van der Waals surface area (Å²) in [5, 5.41) is 19.1. The van der Waals surface area contributed by atoms with Gasteiger partial charge in [-0.1, -0.05) is 0 Å². The third kappa shape index (κ3) is 5.22. The largest absolute Gasteiger partial charge is 0.441 e. The highest BCUT2D eigenvalue weighted by Crippen LogP contribution is 2.42. The summed E-state index contributed by atoms with van der Waals surface area (Å²) in [6.45, 7) is 3.73. The minimum Gasteiger partial charge on any atom is -0.441 e. The van der Waals surface area contributed by atoms with E-state index in [1.54, 1.807) is 0 Å². The molecule has 2 amide bonds. The van der Waals surface area contributed by atoms with E-state index in [1.807, 2.05) is 35.0 Å². The van der Waals surface area contributed by atoms with Crippen molar-refractivity contribution >= 4 is 28.6 Å². The Balaban J connectivity index is 1.21. The molecule has 3 fully saturated rings. The van der Waals surface area contributed by atoms with E-state index in [9.17, 15) is 9.59 Å². The molecule has 0 bridgehead atoms. The Morgan fingerprint density at radius 1 is 1.16 bits per heavy atom. The Morgan fingerprint density at radius 3 is 2.66 bits per heavy atom. The first-order chi connectivity index (χ1) is 18.5. The first-order valence-electron chi connectivity index (χ1n) is 13.4. The molecule has 0 radical (unpaired) electrons. The van der Waals surface area contributed by atoms with Gasteiger partial charge in [-0.05, 0) is 50.9 Å². The number of anilines is 1. The number of rotatable bonds is 9. The molecule has 2 aromatic heterocycles. The SMILES string of the molecule is CN1CCN(c2ccc3nc(CC(NC(=O)c4cc(C5CC5)nn4C4CC4)C(=O)NCC#N)oc3c2)CC1. The molecule has 11 nitrogen and oxygen atoms in total. The fourth-order valence-corrected chi connectivity index (χ4v) is 4.93. The third-order valence-electron chi connectivity index (χ3n) is 7.50. The number of piperazine rings is 1. The maximum absolute atomic E-state index is 13.4. The number of nitriles is 1. The van der Waals surface area contributed by atoms with Gasteiger partial charge in [-0.2, -0.15) is 10.4 Å². The first-order valence-corrected chi connectivity index (χ1v) is 13.4. The number of amides is 2. The van der Waals surface area contributed by atoms with E-state index in [1.165, 1.54) is 0 Å². The number of benzene rings is 1. The van der Waals surface area contributed by atoms with Crippen molar-refractivity contribution in [2.45, 2.75) is 50.1 Å². The Hall–Kier alpha value is -3.91. The number of carbonyl (C=O) groups is 2. The van der Waals surface area contributed by atoms with Crippen LogP contribution in [0.4, 0.5) is 5.69 Å². The molecule has 3 heterocycles. The molecule has 198 valence electrons. The maximum Gasteiger partial charge on any atom is 0.270 e. The molecule has 3 aliphatic rings. The van der Waals surface area contributed by atoms with Crippen LogP contribution in [-0.2, 0) is 11.2 Å². The van der Waals surface area contributed by atoms with Crippen LogP contribution in [-0.4, -0.2) is 77.3 Å². The third-order valence-corrected chi connectivity index (χ3v) is 7.50. The van der Waals surface area contributed by atoms with Crippen LogP contribution < -0.4 is 15.5 Å². The molecule has 0 spiro atoms. The van der Waals surface area contributed by atoms with Crippen molar-refractivity contribution in [1.82, 2.24) is 30.3 Å². The van der Waals surface area contributed by atoms with Gasteiger partial charge < -0.3 is 24.9 Å². The van der Waals surface area contributed by atoms with Crippen LogP contribution >= 0.6 is 0 Å². The average Bonchev–Trinajstić information content (AvgIpc) is 3.86. The minimum absolute atomic E-state index is 0.0641.